The second-order valence-corrected chi connectivity index (χ2v) is 5.49. The predicted molar refractivity (Wildman–Crippen MR) is 67.3 cm³/mol. The molecule has 2 fully saturated rings. The molecular weight excluding hydrogens is 248 g/mol. The molecule has 106 valence electrons. The normalized spacial score (nSPS) is 21.5. The van der Waals surface area contributed by atoms with Gasteiger partial charge in [-0.3, -0.25) is 9.59 Å². The summed E-state index contributed by atoms with van der Waals surface area (Å²) in [5, 5.41) is 14.5. The van der Waals surface area contributed by atoms with Gasteiger partial charge in [-0.15, -0.1) is 0 Å². The van der Waals surface area contributed by atoms with E-state index in [1.54, 1.807) is 0 Å². The summed E-state index contributed by atoms with van der Waals surface area (Å²) >= 11 is 0. The van der Waals surface area contributed by atoms with Gasteiger partial charge in [0.25, 0.3) is 0 Å². The van der Waals surface area contributed by atoms with E-state index >= 15 is 0 Å². The lowest BCUT2D eigenvalue weighted by Crippen LogP contribution is -2.57. The molecule has 0 aromatic heterocycles. The van der Waals surface area contributed by atoms with Gasteiger partial charge >= 0.3 is 5.97 Å². The molecule has 0 unspecified atom stereocenters. The zero-order valence-corrected chi connectivity index (χ0v) is 10.9. The summed E-state index contributed by atoms with van der Waals surface area (Å²) in [5.74, 6) is -1.45. The van der Waals surface area contributed by atoms with Gasteiger partial charge in [0.05, 0.1) is 6.54 Å². The van der Waals surface area contributed by atoms with Crippen LogP contribution < -0.4 is 10.6 Å². The number of hydrogen-bond donors (Lipinski definition) is 3. The molecule has 19 heavy (non-hydrogen) atoms. The maximum absolute atomic E-state index is 11.8. The van der Waals surface area contributed by atoms with Crippen LogP contribution >= 0.6 is 0 Å². The molecule has 2 amide bonds. The molecule has 6 nitrogen and oxygen atoms in total. The Morgan fingerprint density at radius 2 is 1.74 bits per heavy atom. The van der Waals surface area contributed by atoms with Crippen LogP contribution in [0.1, 0.15) is 44.9 Å². The van der Waals surface area contributed by atoms with Crippen molar-refractivity contribution in [1.82, 2.24) is 10.6 Å². The zero-order valence-electron chi connectivity index (χ0n) is 10.9. The molecule has 0 aliphatic heterocycles. The monoisotopic (exact) mass is 268 g/mol. The fraction of sp³-hybridized carbons (Fsp3) is 0.769. The highest BCUT2D eigenvalue weighted by atomic mass is 16.4. The summed E-state index contributed by atoms with van der Waals surface area (Å²) < 4.78 is 0. The first-order valence-corrected chi connectivity index (χ1v) is 6.86. The molecule has 0 bridgehead atoms. The van der Waals surface area contributed by atoms with E-state index < -0.39 is 17.4 Å². The molecule has 2 aliphatic rings. The van der Waals surface area contributed by atoms with Crippen LogP contribution in [0.5, 0.6) is 0 Å². The fourth-order valence-corrected chi connectivity index (χ4v) is 2.52. The van der Waals surface area contributed by atoms with Gasteiger partial charge in [-0.25, -0.2) is 4.79 Å². The Labute approximate surface area is 111 Å². The van der Waals surface area contributed by atoms with E-state index in [-0.39, 0.29) is 18.4 Å². The van der Waals surface area contributed by atoms with Crippen LogP contribution in [0.2, 0.25) is 0 Å². The summed E-state index contributed by atoms with van der Waals surface area (Å²) in [7, 11) is 0. The Hall–Kier alpha value is -1.59. The maximum atomic E-state index is 11.8. The van der Waals surface area contributed by atoms with Crippen LogP contribution in [-0.4, -0.2) is 35.0 Å². The highest BCUT2D eigenvalue weighted by Crippen LogP contribution is 2.29. The number of carbonyl (C=O) groups excluding carboxylic acids is 2. The van der Waals surface area contributed by atoms with Crippen molar-refractivity contribution in [2.45, 2.75) is 50.5 Å². The standard InChI is InChI=1S/C13H20N2O4/c16-10(8-14-11(17)9-4-5-9)15-13(12(18)19)6-2-1-3-7-13/h9H,1-8H2,(H,14,17)(H,15,16)(H,18,19). The summed E-state index contributed by atoms with van der Waals surface area (Å²) in [6.45, 7) is -0.135. The van der Waals surface area contributed by atoms with Crippen molar-refractivity contribution < 1.29 is 19.5 Å². The van der Waals surface area contributed by atoms with Crippen LogP contribution in [0.15, 0.2) is 0 Å². The molecular formula is C13H20N2O4. The predicted octanol–water partition coefficient (Wildman–Crippen LogP) is 0.416. The molecule has 2 saturated carbocycles. The number of aliphatic carboxylic acids is 1. The second kappa shape index (κ2) is 5.59. The van der Waals surface area contributed by atoms with E-state index in [9.17, 15) is 19.5 Å². The Morgan fingerprint density at radius 3 is 2.26 bits per heavy atom. The van der Waals surface area contributed by atoms with Gasteiger partial charge in [0, 0.05) is 5.92 Å². The van der Waals surface area contributed by atoms with Gasteiger partial charge in [-0.05, 0) is 25.7 Å². The first-order valence-electron chi connectivity index (χ1n) is 6.86. The number of amides is 2. The molecule has 3 N–H and O–H groups in total. The van der Waals surface area contributed by atoms with Crippen LogP contribution in [0.4, 0.5) is 0 Å². The van der Waals surface area contributed by atoms with Gasteiger partial charge in [0.1, 0.15) is 5.54 Å². The minimum absolute atomic E-state index is 0.0518. The minimum Gasteiger partial charge on any atom is -0.480 e. The lowest BCUT2D eigenvalue weighted by atomic mass is 9.81. The van der Waals surface area contributed by atoms with E-state index in [1.165, 1.54) is 0 Å². The summed E-state index contributed by atoms with van der Waals surface area (Å²) in [6.07, 6.45) is 5.31. The van der Waals surface area contributed by atoms with Gasteiger partial charge in [0.15, 0.2) is 0 Å². The third kappa shape index (κ3) is 3.45. The molecule has 6 heteroatoms. The summed E-state index contributed by atoms with van der Waals surface area (Å²) in [6, 6.07) is 0. The molecule has 2 aliphatic carbocycles. The van der Waals surface area contributed by atoms with Crippen molar-refractivity contribution in [3.63, 3.8) is 0 Å². The van der Waals surface area contributed by atoms with Crippen LogP contribution in [0.25, 0.3) is 0 Å². The van der Waals surface area contributed by atoms with Crippen LogP contribution in [0, 0.1) is 5.92 Å². The Morgan fingerprint density at radius 1 is 1.11 bits per heavy atom. The van der Waals surface area contributed by atoms with Crippen molar-refractivity contribution in [2.75, 3.05) is 6.54 Å². The molecule has 0 aromatic carbocycles. The number of rotatable bonds is 5. The zero-order chi connectivity index (χ0) is 13.9. The van der Waals surface area contributed by atoms with Crippen molar-refractivity contribution in [2.24, 2.45) is 5.92 Å². The van der Waals surface area contributed by atoms with Crippen molar-refractivity contribution >= 4 is 17.8 Å². The molecule has 0 aromatic rings. The van der Waals surface area contributed by atoms with Crippen molar-refractivity contribution in [1.29, 1.82) is 0 Å². The van der Waals surface area contributed by atoms with E-state index in [0.29, 0.717) is 12.8 Å². The first-order chi connectivity index (χ1) is 9.03. The largest absolute Gasteiger partial charge is 0.480 e. The minimum atomic E-state index is -1.14. The summed E-state index contributed by atoms with van der Waals surface area (Å²) in [4.78, 5) is 34.6. The number of nitrogens with one attached hydrogen (secondary N) is 2. The lowest BCUT2D eigenvalue weighted by Gasteiger charge is -2.33. The van der Waals surface area contributed by atoms with E-state index in [0.717, 1.165) is 32.1 Å². The molecule has 0 radical (unpaired) electrons. The van der Waals surface area contributed by atoms with Gasteiger partial charge in [-0.1, -0.05) is 19.3 Å². The molecule has 0 spiro atoms. The van der Waals surface area contributed by atoms with E-state index in [1.807, 2.05) is 0 Å². The number of carboxylic acids is 1. The van der Waals surface area contributed by atoms with Crippen molar-refractivity contribution in [3.05, 3.63) is 0 Å². The number of carboxylic acid groups (broad SMARTS) is 1. The third-order valence-electron chi connectivity index (χ3n) is 3.87. The smallest absolute Gasteiger partial charge is 0.329 e. The molecule has 2 rings (SSSR count). The maximum Gasteiger partial charge on any atom is 0.329 e. The Balaban J connectivity index is 1.84. The van der Waals surface area contributed by atoms with E-state index in [2.05, 4.69) is 10.6 Å². The van der Waals surface area contributed by atoms with Crippen LogP contribution in [0.3, 0.4) is 0 Å². The first kappa shape index (κ1) is 13.8. The Bertz CT molecular complexity index is 384. The Kier molecular flexibility index (Phi) is 4.07. The van der Waals surface area contributed by atoms with Gasteiger partial charge < -0.3 is 15.7 Å². The SMILES string of the molecule is O=C(CNC(=O)C1CC1)NC1(C(=O)O)CCCCC1. The molecule has 0 heterocycles. The summed E-state index contributed by atoms with van der Waals surface area (Å²) in [5.41, 5.74) is -1.14. The van der Waals surface area contributed by atoms with Gasteiger partial charge in [0.2, 0.25) is 11.8 Å². The average Bonchev–Trinajstić information content (AvgIpc) is 3.21. The topological polar surface area (TPSA) is 95.5 Å². The van der Waals surface area contributed by atoms with Crippen molar-refractivity contribution in [3.8, 4) is 0 Å². The highest BCUT2D eigenvalue weighted by molar-refractivity contribution is 5.90. The second-order valence-electron chi connectivity index (χ2n) is 5.49. The fourth-order valence-electron chi connectivity index (χ4n) is 2.52. The number of hydrogen-bond acceptors (Lipinski definition) is 3. The highest BCUT2D eigenvalue weighted by Gasteiger charge is 2.41. The van der Waals surface area contributed by atoms with Crippen LogP contribution in [-0.2, 0) is 14.4 Å². The molecule has 0 saturated heterocycles. The number of carbonyl (C=O) groups is 3. The van der Waals surface area contributed by atoms with Gasteiger partial charge in [-0.2, -0.15) is 0 Å². The lowest BCUT2D eigenvalue weighted by molar-refractivity contribution is -0.149. The quantitative estimate of drug-likeness (QED) is 0.673. The average molecular weight is 268 g/mol. The molecule has 0 atom stereocenters. The third-order valence-corrected chi connectivity index (χ3v) is 3.87. The van der Waals surface area contributed by atoms with E-state index in [4.69, 9.17) is 0 Å².